The number of benzene rings is 2. The Balaban J connectivity index is 2.02. The third-order valence-corrected chi connectivity index (χ3v) is 4.59. The number of hydrogen-bond acceptors (Lipinski definition) is 4. The van der Waals surface area contributed by atoms with Gasteiger partial charge in [0, 0.05) is 6.42 Å². The lowest BCUT2D eigenvalue weighted by Crippen LogP contribution is -2.30. The molecule has 5 nitrogen and oxygen atoms in total. The van der Waals surface area contributed by atoms with Crippen molar-refractivity contribution >= 4 is 5.69 Å². The topological polar surface area (TPSA) is 63.3 Å². The van der Waals surface area contributed by atoms with Gasteiger partial charge in [0.15, 0.2) is 12.0 Å². The van der Waals surface area contributed by atoms with Gasteiger partial charge in [0.2, 0.25) is 0 Å². The first-order valence-electron chi connectivity index (χ1n) is 8.40. The van der Waals surface area contributed by atoms with Gasteiger partial charge >= 0.3 is 0 Å². The second kappa shape index (κ2) is 7.94. The van der Waals surface area contributed by atoms with Crippen LogP contribution in [-0.2, 0) is 21.7 Å². The Labute approximate surface area is 151 Å². The molecule has 1 saturated heterocycles. The Morgan fingerprint density at radius 1 is 1.15 bits per heavy atom. The van der Waals surface area contributed by atoms with Crippen LogP contribution in [0.4, 0.5) is 10.1 Å². The van der Waals surface area contributed by atoms with E-state index < -0.39 is 17.7 Å². The van der Waals surface area contributed by atoms with Crippen molar-refractivity contribution < 1.29 is 24.1 Å². The van der Waals surface area contributed by atoms with Crippen molar-refractivity contribution in [1.82, 2.24) is 0 Å². The summed E-state index contributed by atoms with van der Waals surface area (Å²) >= 11 is 0. The van der Waals surface area contributed by atoms with E-state index in [4.69, 9.17) is 16.0 Å². The molecule has 0 bridgehead atoms. The van der Waals surface area contributed by atoms with Crippen LogP contribution in [-0.4, -0.2) is 29.7 Å². The molecule has 1 aliphatic heterocycles. The zero-order valence-electron chi connectivity index (χ0n) is 14.2. The van der Waals surface area contributed by atoms with Crippen molar-refractivity contribution in [3.05, 3.63) is 76.4 Å². The second-order valence-electron chi connectivity index (χ2n) is 6.19. The highest BCUT2D eigenvalue weighted by Crippen LogP contribution is 2.38. The van der Waals surface area contributed by atoms with Crippen molar-refractivity contribution in [2.45, 2.75) is 31.3 Å². The number of aliphatic hydroxyl groups excluding tert-OH is 1. The summed E-state index contributed by atoms with van der Waals surface area (Å²) in [6.07, 6.45) is 0.291. The van der Waals surface area contributed by atoms with Crippen molar-refractivity contribution in [2.24, 2.45) is 0 Å². The maximum atomic E-state index is 13.4. The fourth-order valence-electron chi connectivity index (χ4n) is 3.24. The molecule has 6 heteroatoms. The summed E-state index contributed by atoms with van der Waals surface area (Å²) in [6, 6.07) is 10.4. The summed E-state index contributed by atoms with van der Waals surface area (Å²) in [4.78, 5) is 3.36. The highest BCUT2D eigenvalue weighted by atomic mass is 19.1. The molecule has 1 fully saturated rings. The minimum atomic E-state index is -1.47. The number of halogens is 1. The molecular weight excluding hydrogens is 337 g/mol. The largest absolute Gasteiger partial charge is 0.392 e. The molecule has 2 aromatic rings. The maximum Gasteiger partial charge on any atom is 0.187 e. The van der Waals surface area contributed by atoms with Gasteiger partial charge in [-0.1, -0.05) is 30.3 Å². The molecule has 1 aliphatic rings. The van der Waals surface area contributed by atoms with Crippen LogP contribution >= 0.6 is 0 Å². The van der Waals surface area contributed by atoms with E-state index in [0.717, 1.165) is 0 Å². The second-order valence-corrected chi connectivity index (χ2v) is 6.19. The predicted octanol–water partition coefficient (Wildman–Crippen LogP) is 3.26. The first kappa shape index (κ1) is 18.5. The standard InChI is InChI=1S/C20H20FNO4/c1-22-17-6-7-18(14(12-17)13-23)20(24,9-8-19-25-10-11-26-19)15-2-4-16(21)5-3-15/h2-7,12,19,23-24H,8-11,13H2. The zero-order valence-corrected chi connectivity index (χ0v) is 14.2. The molecule has 2 N–H and O–H groups in total. The number of rotatable bonds is 6. The van der Waals surface area contributed by atoms with Crippen LogP contribution < -0.4 is 0 Å². The van der Waals surface area contributed by atoms with Crippen LogP contribution in [0, 0.1) is 12.4 Å². The van der Waals surface area contributed by atoms with E-state index in [-0.39, 0.29) is 13.0 Å². The highest BCUT2D eigenvalue weighted by Gasteiger charge is 2.35. The van der Waals surface area contributed by atoms with E-state index >= 15 is 0 Å². The fraction of sp³-hybridized carbons (Fsp3) is 0.350. The molecule has 0 amide bonds. The molecule has 1 heterocycles. The quantitative estimate of drug-likeness (QED) is 0.779. The van der Waals surface area contributed by atoms with Gasteiger partial charge < -0.3 is 19.7 Å². The summed E-state index contributed by atoms with van der Waals surface area (Å²) in [5.74, 6) is -0.399. The summed E-state index contributed by atoms with van der Waals surface area (Å²) in [5, 5.41) is 21.3. The Morgan fingerprint density at radius 3 is 2.46 bits per heavy atom. The summed E-state index contributed by atoms with van der Waals surface area (Å²) in [6.45, 7) is 7.84. The van der Waals surface area contributed by atoms with Gasteiger partial charge in [-0.15, -0.1) is 0 Å². The lowest BCUT2D eigenvalue weighted by Gasteiger charge is -2.32. The van der Waals surface area contributed by atoms with Crippen LogP contribution in [0.2, 0.25) is 0 Å². The fourth-order valence-corrected chi connectivity index (χ4v) is 3.24. The molecule has 3 rings (SSSR count). The van der Waals surface area contributed by atoms with E-state index in [1.807, 2.05) is 0 Å². The Bertz CT molecular complexity index is 796. The minimum absolute atomic E-state index is 0.258. The number of ether oxygens (including phenoxy) is 2. The maximum absolute atomic E-state index is 13.4. The van der Waals surface area contributed by atoms with Gasteiger partial charge in [0.05, 0.1) is 26.4 Å². The number of hydrogen-bond donors (Lipinski definition) is 2. The van der Waals surface area contributed by atoms with Crippen molar-refractivity contribution in [1.29, 1.82) is 0 Å². The van der Waals surface area contributed by atoms with Crippen molar-refractivity contribution in [3.8, 4) is 0 Å². The van der Waals surface area contributed by atoms with Crippen molar-refractivity contribution in [2.75, 3.05) is 13.2 Å². The monoisotopic (exact) mass is 357 g/mol. The van der Waals surface area contributed by atoms with E-state index in [9.17, 15) is 14.6 Å². The highest BCUT2D eigenvalue weighted by molar-refractivity contribution is 5.52. The van der Waals surface area contributed by atoms with E-state index in [1.165, 1.54) is 24.3 Å². The molecule has 0 aliphatic carbocycles. The number of aliphatic hydroxyl groups is 2. The van der Waals surface area contributed by atoms with Gasteiger partial charge in [0.25, 0.3) is 0 Å². The van der Waals surface area contributed by atoms with Gasteiger partial charge in [-0.25, -0.2) is 9.24 Å². The molecule has 0 spiro atoms. The molecular formula is C20H20FNO4. The molecule has 0 radical (unpaired) electrons. The summed E-state index contributed by atoms with van der Waals surface area (Å²) in [5.41, 5.74) is 0.348. The lowest BCUT2D eigenvalue weighted by atomic mass is 9.80. The Hall–Kier alpha value is -2.30. The Kier molecular flexibility index (Phi) is 5.64. The first-order valence-corrected chi connectivity index (χ1v) is 8.40. The van der Waals surface area contributed by atoms with Crippen LogP contribution in [0.15, 0.2) is 42.5 Å². The summed E-state index contributed by atoms with van der Waals surface area (Å²) < 4.78 is 24.3. The SMILES string of the molecule is [C-]#[N+]c1ccc(C(O)(CCC2OCCO2)c2ccc(F)cc2)c(CO)c1. The van der Waals surface area contributed by atoms with Gasteiger partial charge in [-0.05, 0) is 35.2 Å². The van der Waals surface area contributed by atoms with Gasteiger partial charge in [0.1, 0.15) is 11.4 Å². The predicted molar refractivity (Wildman–Crippen MR) is 93.0 cm³/mol. The number of nitrogens with zero attached hydrogens (tertiary/aromatic N) is 1. The molecule has 0 aromatic heterocycles. The minimum Gasteiger partial charge on any atom is -0.392 e. The van der Waals surface area contributed by atoms with Crippen LogP contribution in [0.5, 0.6) is 0 Å². The average Bonchev–Trinajstić information content (AvgIpc) is 3.19. The zero-order chi connectivity index (χ0) is 18.6. The third kappa shape index (κ3) is 3.76. The van der Waals surface area contributed by atoms with Crippen LogP contribution in [0.25, 0.3) is 4.85 Å². The normalized spacial score (nSPS) is 17.0. The van der Waals surface area contributed by atoms with Gasteiger partial charge in [-0.2, -0.15) is 0 Å². The molecule has 2 aromatic carbocycles. The van der Waals surface area contributed by atoms with E-state index in [1.54, 1.807) is 18.2 Å². The molecule has 1 unspecified atom stereocenters. The molecule has 0 saturated carbocycles. The smallest absolute Gasteiger partial charge is 0.187 e. The molecule has 136 valence electrons. The molecule has 1 atom stereocenters. The first-order chi connectivity index (χ1) is 12.6. The summed E-state index contributed by atoms with van der Waals surface area (Å²) in [7, 11) is 0. The van der Waals surface area contributed by atoms with E-state index in [2.05, 4.69) is 4.85 Å². The van der Waals surface area contributed by atoms with E-state index in [0.29, 0.717) is 42.0 Å². The van der Waals surface area contributed by atoms with Crippen LogP contribution in [0.1, 0.15) is 29.5 Å². The van der Waals surface area contributed by atoms with Gasteiger partial charge in [-0.3, -0.25) is 0 Å². The molecule has 26 heavy (non-hydrogen) atoms. The Morgan fingerprint density at radius 2 is 1.85 bits per heavy atom. The third-order valence-electron chi connectivity index (χ3n) is 4.59. The lowest BCUT2D eigenvalue weighted by molar-refractivity contribution is -0.0623. The van der Waals surface area contributed by atoms with Crippen LogP contribution in [0.3, 0.4) is 0 Å². The average molecular weight is 357 g/mol. The van der Waals surface area contributed by atoms with Crippen molar-refractivity contribution in [3.63, 3.8) is 0 Å².